The van der Waals surface area contributed by atoms with Crippen molar-refractivity contribution in [3.05, 3.63) is 90.3 Å². The number of hydrogen-bond donors (Lipinski definition) is 2. The summed E-state index contributed by atoms with van der Waals surface area (Å²) in [5.41, 5.74) is 4.91. The van der Waals surface area contributed by atoms with E-state index in [1.807, 2.05) is 12.1 Å². The van der Waals surface area contributed by atoms with Crippen LogP contribution in [0.15, 0.2) is 78.9 Å². The van der Waals surface area contributed by atoms with Gasteiger partial charge in [-0.2, -0.15) is 0 Å². The fraction of sp³-hybridized carbons (Fsp3) is 0.364. The molecule has 0 heterocycles. The van der Waals surface area contributed by atoms with Gasteiger partial charge in [0.05, 0.1) is 6.61 Å². The summed E-state index contributed by atoms with van der Waals surface area (Å²) in [5.74, 6) is 1.54. The van der Waals surface area contributed by atoms with Gasteiger partial charge in [-0.3, -0.25) is 4.79 Å². The number of aromatic hydroxyl groups is 1. The Bertz CT molecular complexity index is 1130. The third kappa shape index (κ3) is 8.40. The van der Waals surface area contributed by atoms with Crippen LogP contribution in [0, 0.1) is 11.7 Å². The van der Waals surface area contributed by atoms with Gasteiger partial charge in [-0.1, -0.05) is 87.7 Å². The number of aliphatic hydroxyl groups excluding tert-OH is 1. The van der Waals surface area contributed by atoms with Gasteiger partial charge >= 0.3 is 0 Å². The van der Waals surface area contributed by atoms with Crippen molar-refractivity contribution in [2.24, 2.45) is 5.92 Å². The molecule has 1 aliphatic carbocycles. The molecule has 4 rings (SSSR count). The molecule has 3 aromatic rings. The topological polar surface area (TPSA) is 57.5 Å². The van der Waals surface area contributed by atoms with Crippen molar-refractivity contribution >= 4 is 6.29 Å². The molecule has 37 heavy (non-hydrogen) atoms. The SMILES string of the molecule is C=C(C=O)CO.CCCCCC1CCC(c2ccc(-c3ccc(-c4ccc(O)cc4)c(F)c3)cc2)CC1. The van der Waals surface area contributed by atoms with Crippen LogP contribution in [0.25, 0.3) is 22.3 Å². The second kappa shape index (κ2) is 14.5. The maximum absolute atomic E-state index is 14.8. The van der Waals surface area contributed by atoms with E-state index in [0.29, 0.717) is 17.8 Å². The minimum atomic E-state index is -0.242. The number of phenolic OH excluding ortho intramolecular Hbond substituents is 1. The van der Waals surface area contributed by atoms with Gasteiger partial charge in [0.2, 0.25) is 0 Å². The highest BCUT2D eigenvalue weighted by Crippen LogP contribution is 2.38. The number of carbonyl (C=O) groups excluding carboxylic acids is 1. The highest BCUT2D eigenvalue weighted by atomic mass is 19.1. The molecule has 0 atom stereocenters. The van der Waals surface area contributed by atoms with E-state index < -0.39 is 0 Å². The van der Waals surface area contributed by atoms with E-state index in [9.17, 15) is 14.3 Å². The van der Waals surface area contributed by atoms with Gasteiger partial charge in [0, 0.05) is 11.1 Å². The summed E-state index contributed by atoms with van der Waals surface area (Å²) < 4.78 is 14.8. The first kappa shape index (κ1) is 28.3. The molecule has 0 aromatic heterocycles. The van der Waals surface area contributed by atoms with Gasteiger partial charge in [-0.05, 0) is 78.0 Å². The van der Waals surface area contributed by atoms with Gasteiger partial charge < -0.3 is 10.2 Å². The number of unbranched alkanes of at least 4 members (excludes halogenated alkanes) is 2. The third-order valence-electron chi connectivity index (χ3n) is 7.30. The molecule has 0 unspecified atom stereocenters. The van der Waals surface area contributed by atoms with Crippen LogP contribution in [0.4, 0.5) is 4.39 Å². The number of aliphatic hydroxyl groups is 1. The van der Waals surface area contributed by atoms with Crippen molar-refractivity contribution in [2.75, 3.05) is 6.61 Å². The quantitative estimate of drug-likeness (QED) is 0.175. The second-order valence-corrected chi connectivity index (χ2v) is 10.0. The van der Waals surface area contributed by atoms with Gasteiger partial charge in [-0.25, -0.2) is 4.39 Å². The lowest BCUT2D eigenvalue weighted by Crippen LogP contribution is -2.13. The van der Waals surface area contributed by atoms with E-state index in [1.165, 1.54) is 56.9 Å². The summed E-state index contributed by atoms with van der Waals surface area (Å²) >= 11 is 0. The molecule has 2 N–H and O–H groups in total. The predicted molar refractivity (Wildman–Crippen MR) is 150 cm³/mol. The van der Waals surface area contributed by atoms with Crippen molar-refractivity contribution in [1.29, 1.82) is 0 Å². The first-order chi connectivity index (χ1) is 17.9. The normalized spacial score (nSPS) is 16.9. The number of rotatable bonds is 9. The first-order valence-electron chi connectivity index (χ1n) is 13.4. The lowest BCUT2D eigenvalue weighted by molar-refractivity contribution is -0.105. The van der Waals surface area contributed by atoms with Crippen LogP contribution >= 0.6 is 0 Å². The van der Waals surface area contributed by atoms with E-state index in [2.05, 4.69) is 37.8 Å². The standard InChI is InChI=1S/C29H33FO.C4H6O2/c1-2-3-4-5-21-6-8-22(9-7-21)23-10-12-24(13-11-23)26-16-19-28(29(30)20-26)25-14-17-27(31)18-15-25;1-4(2-5)3-6/h10-22,31H,2-9H2,1H3;2,6H,1,3H2. The zero-order valence-electron chi connectivity index (χ0n) is 21.8. The highest BCUT2D eigenvalue weighted by Gasteiger charge is 2.22. The highest BCUT2D eigenvalue weighted by molar-refractivity contribution is 5.72. The smallest absolute Gasteiger partial charge is 0.147 e. The van der Waals surface area contributed by atoms with Crippen LogP contribution in [-0.4, -0.2) is 23.1 Å². The molecular weight excluding hydrogens is 463 g/mol. The number of halogens is 1. The van der Waals surface area contributed by atoms with Crippen molar-refractivity contribution < 1.29 is 19.4 Å². The van der Waals surface area contributed by atoms with Crippen LogP contribution < -0.4 is 0 Å². The average molecular weight is 503 g/mol. The molecule has 0 amide bonds. The summed E-state index contributed by atoms with van der Waals surface area (Å²) in [6.07, 6.45) is 11.3. The van der Waals surface area contributed by atoms with Gasteiger partial charge in [0.25, 0.3) is 0 Å². The van der Waals surface area contributed by atoms with Crippen molar-refractivity contribution in [3.8, 4) is 28.0 Å². The van der Waals surface area contributed by atoms with E-state index in [0.717, 1.165) is 22.6 Å². The Hall–Kier alpha value is -3.24. The van der Waals surface area contributed by atoms with Gasteiger partial charge in [-0.15, -0.1) is 0 Å². The molecule has 3 nitrogen and oxygen atoms in total. The fourth-order valence-corrected chi connectivity index (χ4v) is 5.02. The number of carbonyl (C=O) groups is 1. The minimum absolute atomic E-state index is 0.186. The van der Waals surface area contributed by atoms with E-state index in [1.54, 1.807) is 30.3 Å². The molecule has 0 radical (unpaired) electrons. The summed E-state index contributed by atoms with van der Waals surface area (Å²) in [4.78, 5) is 9.48. The Morgan fingerprint density at radius 2 is 1.54 bits per heavy atom. The Morgan fingerprint density at radius 3 is 2.08 bits per heavy atom. The summed E-state index contributed by atoms with van der Waals surface area (Å²) in [6, 6.07) is 20.8. The Labute approximate surface area is 220 Å². The van der Waals surface area contributed by atoms with Crippen molar-refractivity contribution in [1.82, 2.24) is 0 Å². The fourth-order valence-electron chi connectivity index (χ4n) is 5.02. The number of hydrogen-bond acceptors (Lipinski definition) is 3. The molecule has 1 saturated carbocycles. The Morgan fingerprint density at radius 1 is 0.919 bits per heavy atom. The Kier molecular flexibility index (Phi) is 11.1. The largest absolute Gasteiger partial charge is 0.508 e. The van der Waals surface area contributed by atoms with Crippen LogP contribution in [0.1, 0.15) is 69.8 Å². The lowest BCUT2D eigenvalue weighted by atomic mass is 9.77. The summed E-state index contributed by atoms with van der Waals surface area (Å²) in [6.45, 7) is 5.22. The van der Waals surface area contributed by atoms with Crippen LogP contribution in [0.5, 0.6) is 5.75 Å². The van der Waals surface area contributed by atoms with Crippen LogP contribution in [-0.2, 0) is 4.79 Å². The maximum atomic E-state index is 14.8. The molecule has 3 aromatic carbocycles. The summed E-state index contributed by atoms with van der Waals surface area (Å²) in [5, 5.41) is 17.4. The molecular formula is C33H39FO3. The molecule has 0 saturated heterocycles. The zero-order valence-corrected chi connectivity index (χ0v) is 21.8. The predicted octanol–water partition coefficient (Wildman–Crippen LogP) is 8.45. The average Bonchev–Trinajstić information content (AvgIpc) is 2.94. The van der Waals surface area contributed by atoms with Crippen LogP contribution in [0.3, 0.4) is 0 Å². The molecule has 1 fully saturated rings. The first-order valence-corrected chi connectivity index (χ1v) is 13.4. The molecule has 4 heteroatoms. The number of benzene rings is 3. The monoisotopic (exact) mass is 502 g/mol. The number of phenols is 1. The maximum Gasteiger partial charge on any atom is 0.147 e. The number of aldehydes is 1. The third-order valence-corrected chi connectivity index (χ3v) is 7.30. The molecule has 1 aliphatic rings. The molecule has 196 valence electrons. The Balaban J connectivity index is 0.000000568. The molecule has 0 aliphatic heterocycles. The second-order valence-electron chi connectivity index (χ2n) is 10.0. The van der Waals surface area contributed by atoms with E-state index in [-0.39, 0.29) is 23.7 Å². The van der Waals surface area contributed by atoms with E-state index >= 15 is 0 Å². The van der Waals surface area contributed by atoms with Crippen molar-refractivity contribution in [3.63, 3.8) is 0 Å². The van der Waals surface area contributed by atoms with Crippen molar-refractivity contribution in [2.45, 2.75) is 64.2 Å². The molecule has 0 spiro atoms. The van der Waals surface area contributed by atoms with Gasteiger partial charge in [0.15, 0.2) is 0 Å². The lowest BCUT2D eigenvalue weighted by Gasteiger charge is -2.29. The minimum Gasteiger partial charge on any atom is -0.508 e. The zero-order chi connectivity index (χ0) is 26.6. The summed E-state index contributed by atoms with van der Waals surface area (Å²) in [7, 11) is 0. The van der Waals surface area contributed by atoms with Gasteiger partial charge in [0.1, 0.15) is 17.9 Å². The molecule has 0 bridgehead atoms. The van der Waals surface area contributed by atoms with Crippen LogP contribution in [0.2, 0.25) is 0 Å². The van der Waals surface area contributed by atoms with E-state index in [4.69, 9.17) is 5.11 Å².